The SMILES string of the molecule is Clc1cccc(-n2nnnc2NCc2cccnc2Oc2cncnc2)c1Cl. The Hall–Kier alpha value is -3.30. The lowest BCUT2D eigenvalue weighted by Crippen LogP contribution is -2.09. The first kappa shape index (κ1) is 18.1. The molecule has 0 fully saturated rings. The third kappa shape index (κ3) is 3.85. The number of nitrogens with one attached hydrogen (secondary N) is 1. The van der Waals surface area contributed by atoms with E-state index in [1.54, 1.807) is 36.8 Å². The molecule has 3 heterocycles. The van der Waals surface area contributed by atoms with Crippen LogP contribution in [0.25, 0.3) is 5.69 Å². The second-order valence-corrected chi connectivity index (χ2v) is 6.27. The number of ether oxygens (including phenoxy) is 1. The molecule has 3 aromatic heterocycles. The Morgan fingerprint density at radius 3 is 2.79 bits per heavy atom. The number of rotatable bonds is 6. The van der Waals surface area contributed by atoms with Gasteiger partial charge in [0.2, 0.25) is 11.8 Å². The molecule has 28 heavy (non-hydrogen) atoms. The van der Waals surface area contributed by atoms with Gasteiger partial charge in [0.1, 0.15) is 6.33 Å². The summed E-state index contributed by atoms with van der Waals surface area (Å²) >= 11 is 12.4. The van der Waals surface area contributed by atoms with E-state index in [0.29, 0.717) is 39.9 Å². The molecule has 140 valence electrons. The molecule has 0 bridgehead atoms. The number of tetrazole rings is 1. The second kappa shape index (κ2) is 8.15. The zero-order chi connectivity index (χ0) is 19.3. The normalized spacial score (nSPS) is 10.6. The van der Waals surface area contributed by atoms with Crippen LogP contribution in [0, 0.1) is 0 Å². The van der Waals surface area contributed by atoms with Crippen molar-refractivity contribution in [2.75, 3.05) is 5.32 Å². The van der Waals surface area contributed by atoms with Crippen LogP contribution in [0.4, 0.5) is 5.95 Å². The number of nitrogens with zero attached hydrogens (tertiary/aromatic N) is 7. The van der Waals surface area contributed by atoms with E-state index >= 15 is 0 Å². The molecule has 0 radical (unpaired) electrons. The molecule has 0 spiro atoms. The standard InChI is InChI=1S/C17H12Cl2N8O/c18-13-4-1-5-14(15(13)19)27-17(24-25-26-27)23-7-11-3-2-6-22-16(11)28-12-8-20-10-21-9-12/h1-6,8-10H,7H2,(H,23,24,26). The minimum atomic E-state index is 0.356. The molecule has 0 saturated heterocycles. The highest BCUT2D eigenvalue weighted by atomic mass is 35.5. The zero-order valence-corrected chi connectivity index (χ0v) is 15.7. The van der Waals surface area contributed by atoms with Gasteiger partial charge in [0.15, 0.2) is 5.75 Å². The Kier molecular flexibility index (Phi) is 5.27. The number of anilines is 1. The number of pyridine rings is 1. The molecule has 0 saturated carbocycles. The van der Waals surface area contributed by atoms with Crippen LogP contribution in [-0.4, -0.2) is 35.2 Å². The van der Waals surface area contributed by atoms with Gasteiger partial charge in [-0.25, -0.2) is 15.0 Å². The Morgan fingerprint density at radius 2 is 1.93 bits per heavy atom. The van der Waals surface area contributed by atoms with Crippen molar-refractivity contribution in [3.05, 3.63) is 70.9 Å². The van der Waals surface area contributed by atoms with Crippen LogP contribution in [0.1, 0.15) is 5.56 Å². The second-order valence-electron chi connectivity index (χ2n) is 5.48. The summed E-state index contributed by atoms with van der Waals surface area (Å²) in [6, 6.07) is 8.91. The summed E-state index contributed by atoms with van der Waals surface area (Å²) in [6.07, 6.45) is 6.17. The van der Waals surface area contributed by atoms with Gasteiger partial charge < -0.3 is 10.1 Å². The highest BCUT2D eigenvalue weighted by Crippen LogP contribution is 2.29. The first-order chi connectivity index (χ1) is 13.7. The van der Waals surface area contributed by atoms with E-state index in [0.717, 1.165) is 5.56 Å². The van der Waals surface area contributed by atoms with E-state index in [-0.39, 0.29) is 0 Å². The number of hydrogen-bond acceptors (Lipinski definition) is 8. The van der Waals surface area contributed by atoms with Crippen molar-refractivity contribution >= 4 is 29.2 Å². The molecule has 1 aromatic carbocycles. The summed E-state index contributed by atoms with van der Waals surface area (Å²) in [4.78, 5) is 12.1. The first-order valence-electron chi connectivity index (χ1n) is 8.06. The molecule has 0 aliphatic rings. The van der Waals surface area contributed by atoms with Crippen molar-refractivity contribution in [3.8, 4) is 17.3 Å². The highest BCUT2D eigenvalue weighted by molar-refractivity contribution is 6.43. The van der Waals surface area contributed by atoms with Crippen LogP contribution < -0.4 is 10.1 Å². The monoisotopic (exact) mass is 414 g/mol. The fourth-order valence-corrected chi connectivity index (χ4v) is 2.77. The topological polar surface area (TPSA) is 104 Å². The van der Waals surface area contributed by atoms with Crippen LogP contribution in [0.5, 0.6) is 11.6 Å². The molecule has 1 N–H and O–H groups in total. The largest absolute Gasteiger partial charge is 0.435 e. The van der Waals surface area contributed by atoms with Crippen LogP contribution >= 0.6 is 23.2 Å². The maximum Gasteiger partial charge on any atom is 0.248 e. The summed E-state index contributed by atoms with van der Waals surface area (Å²) in [5.41, 5.74) is 1.35. The van der Waals surface area contributed by atoms with Crippen LogP contribution in [0.15, 0.2) is 55.2 Å². The maximum absolute atomic E-state index is 6.27. The third-order valence-electron chi connectivity index (χ3n) is 3.67. The number of halogens is 2. The van der Waals surface area contributed by atoms with Gasteiger partial charge in [0.05, 0.1) is 28.1 Å². The van der Waals surface area contributed by atoms with E-state index in [1.165, 1.54) is 11.0 Å². The maximum atomic E-state index is 6.27. The van der Waals surface area contributed by atoms with E-state index in [1.807, 2.05) is 12.1 Å². The highest BCUT2D eigenvalue weighted by Gasteiger charge is 2.14. The predicted molar refractivity (Wildman–Crippen MR) is 103 cm³/mol. The molecule has 11 heteroatoms. The summed E-state index contributed by atoms with van der Waals surface area (Å²) in [5.74, 6) is 1.30. The van der Waals surface area contributed by atoms with Crippen molar-refractivity contribution in [2.24, 2.45) is 0 Å². The van der Waals surface area contributed by atoms with Crippen molar-refractivity contribution in [3.63, 3.8) is 0 Å². The van der Waals surface area contributed by atoms with Gasteiger partial charge in [-0.2, -0.15) is 4.68 Å². The van der Waals surface area contributed by atoms with Gasteiger partial charge in [0.25, 0.3) is 0 Å². The fourth-order valence-electron chi connectivity index (χ4n) is 2.39. The molecule has 0 amide bonds. The van der Waals surface area contributed by atoms with Crippen LogP contribution in [0.2, 0.25) is 10.0 Å². The van der Waals surface area contributed by atoms with Gasteiger partial charge in [-0.05, 0) is 28.6 Å². The molecule has 0 atom stereocenters. The number of benzene rings is 1. The average molecular weight is 415 g/mol. The lowest BCUT2D eigenvalue weighted by Gasteiger charge is -2.11. The smallest absolute Gasteiger partial charge is 0.248 e. The minimum Gasteiger partial charge on any atom is -0.435 e. The quantitative estimate of drug-likeness (QED) is 0.510. The predicted octanol–water partition coefficient (Wildman–Crippen LogP) is 3.56. The molecule has 4 aromatic rings. The van der Waals surface area contributed by atoms with Gasteiger partial charge >= 0.3 is 0 Å². The molecule has 0 aliphatic heterocycles. The molecule has 0 unspecified atom stereocenters. The van der Waals surface area contributed by atoms with Gasteiger partial charge in [-0.15, -0.1) is 0 Å². The van der Waals surface area contributed by atoms with Crippen molar-refractivity contribution < 1.29 is 4.74 Å². The minimum absolute atomic E-state index is 0.356. The summed E-state index contributed by atoms with van der Waals surface area (Å²) in [7, 11) is 0. The van der Waals surface area contributed by atoms with Gasteiger partial charge in [-0.1, -0.05) is 40.4 Å². The van der Waals surface area contributed by atoms with Gasteiger partial charge in [-0.3, -0.25) is 0 Å². The summed E-state index contributed by atoms with van der Waals surface area (Å²) in [6.45, 7) is 0.357. The molecular weight excluding hydrogens is 403 g/mol. The molecular formula is C17H12Cl2N8O. The Bertz CT molecular complexity index is 1090. The first-order valence-corrected chi connectivity index (χ1v) is 8.81. The number of aromatic nitrogens is 7. The Morgan fingerprint density at radius 1 is 1.07 bits per heavy atom. The van der Waals surface area contributed by atoms with Crippen molar-refractivity contribution in [1.29, 1.82) is 0 Å². The zero-order valence-electron chi connectivity index (χ0n) is 14.2. The molecule has 9 nitrogen and oxygen atoms in total. The summed E-state index contributed by atoms with van der Waals surface area (Å²) in [5, 5.41) is 15.6. The number of hydrogen-bond donors (Lipinski definition) is 1. The Balaban J connectivity index is 1.55. The third-order valence-corrected chi connectivity index (χ3v) is 4.48. The summed E-state index contributed by atoms with van der Waals surface area (Å²) < 4.78 is 7.22. The van der Waals surface area contributed by atoms with E-state index in [9.17, 15) is 0 Å². The van der Waals surface area contributed by atoms with Crippen molar-refractivity contribution in [1.82, 2.24) is 35.2 Å². The van der Waals surface area contributed by atoms with Crippen LogP contribution in [0.3, 0.4) is 0 Å². The Labute approximate surface area is 169 Å². The van der Waals surface area contributed by atoms with Gasteiger partial charge in [0, 0.05) is 18.3 Å². The van der Waals surface area contributed by atoms with E-state index < -0.39 is 0 Å². The van der Waals surface area contributed by atoms with E-state index in [4.69, 9.17) is 27.9 Å². The fraction of sp³-hybridized carbons (Fsp3) is 0.0588. The molecule has 4 rings (SSSR count). The lowest BCUT2D eigenvalue weighted by molar-refractivity contribution is 0.452. The van der Waals surface area contributed by atoms with Crippen molar-refractivity contribution in [2.45, 2.75) is 6.54 Å². The lowest BCUT2D eigenvalue weighted by atomic mass is 10.2. The van der Waals surface area contributed by atoms with Crippen LogP contribution in [-0.2, 0) is 6.54 Å². The van der Waals surface area contributed by atoms with E-state index in [2.05, 4.69) is 35.8 Å². The average Bonchev–Trinajstić information content (AvgIpc) is 3.18. The molecule has 0 aliphatic carbocycles.